The van der Waals surface area contributed by atoms with Gasteiger partial charge in [-0.15, -0.1) is 0 Å². The van der Waals surface area contributed by atoms with Crippen LogP contribution in [0.15, 0.2) is 133 Å². The Hall–Kier alpha value is -4.42. The van der Waals surface area contributed by atoms with Crippen LogP contribution >= 0.6 is 0 Å². The predicted octanol–water partition coefficient (Wildman–Crippen LogP) is 9.63. The first-order chi connectivity index (χ1) is 16.9. The van der Waals surface area contributed by atoms with E-state index in [-0.39, 0.29) is 0 Å². The second kappa shape index (κ2) is 7.57. The van der Waals surface area contributed by atoms with Gasteiger partial charge in [0.15, 0.2) is 0 Å². The quantitative estimate of drug-likeness (QED) is 0.239. The van der Waals surface area contributed by atoms with Crippen LogP contribution in [0.4, 0.5) is 0 Å². The fraction of sp³-hybridized carbons (Fsp3) is 0. The summed E-state index contributed by atoms with van der Waals surface area (Å²) >= 11 is 0. The summed E-state index contributed by atoms with van der Waals surface area (Å²) in [7, 11) is 0. The minimum atomic E-state index is 1.25. The molecule has 0 saturated carbocycles. The number of fused-ring (bicyclic) bond motifs is 4. The fourth-order valence-corrected chi connectivity index (χ4v) is 5.46. The summed E-state index contributed by atoms with van der Waals surface area (Å²) in [5.41, 5.74) is 5.12. The van der Waals surface area contributed by atoms with E-state index in [4.69, 9.17) is 0 Å². The Kier molecular flexibility index (Phi) is 4.25. The van der Waals surface area contributed by atoms with Crippen molar-refractivity contribution in [1.82, 2.24) is 0 Å². The van der Waals surface area contributed by atoms with Gasteiger partial charge < -0.3 is 0 Å². The lowest BCUT2D eigenvalue weighted by Gasteiger charge is -2.19. The highest BCUT2D eigenvalue weighted by Crippen LogP contribution is 2.45. The van der Waals surface area contributed by atoms with Crippen molar-refractivity contribution in [2.45, 2.75) is 0 Å². The Morgan fingerprint density at radius 2 is 0.765 bits per heavy atom. The molecule has 0 saturated heterocycles. The van der Waals surface area contributed by atoms with Crippen molar-refractivity contribution in [2.75, 3.05) is 0 Å². The Labute approximate surface area is 198 Å². The van der Waals surface area contributed by atoms with Gasteiger partial charge in [0.05, 0.1) is 0 Å². The largest absolute Gasteiger partial charge is 0.0622 e. The molecule has 7 rings (SSSR count). The first-order valence-electron chi connectivity index (χ1n) is 11.8. The van der Waals surface area contributed by atoms with Gasteiger partial charge in [0.2, 0.25) is 0 Å². The Bertz CT molecular complexity index is 1830. The Balaban J connectivity index is 1.78. The number of hydrogen-bond acceptors (Lipinski definition) is 0. The molecule has 7 aromatic carbocycles. The standard InChI is InChI=1S/C34H22/c1-3-11-23(12-4-1)32-30-18-10-9-17-27(30)20-29-21-28-19-25-15-7-8-16-26(25)22-31(28)33(34(29)32)24-13-5-2-6-14-24/h1-22H. The summed E-state index contributed by atoms with van der Waals surface area (Å²) < 4.78 is 0. The van der Waals surface area contributed by atoms with E-state index in [0.29, 0.717) is 0 Å². The summed E-state index contributed by atoms with van der Waals surface area (Å²) in [6, 6.07) is 48.6. The van der Waals surface area contributed by atoms with E-state index in [1.165, 1.54) is 65.3 Å². The van der Waals surface area contributed by atoms with E-state index < -0.39 is 0 Å². The molecule has 0 fully saturated rings. The normalized spacial score (nSPS) is 11.5. The van der Waals surface area contributed by atoms with E-state index in [0.717, 1.165) is 0 Å². The lowest BCUT2D eigenvalue weighted by molar-refractivity contribution is 1.66. The maximum absolute atomic E-state index is 2.38. The van der Waals surface area contributed by atoms with E-state index in [1.54, 1.807) is 0 Å². The van der Waals surface area contributed by atoms with Gasteiger partial charge in [0.1, 0.15) is 0 Å². The van der Waals surface area contributed by atoms with Crippen LogP contribution in [-0.4, -0.2) is 0 Å². The molecule has 0 nitrogen and oxygen atoms in total. The lowest BCUT2D eigenvalue weighted by atomic mass is 9.84. The monoisotopic (exact) mass is 430 g/mol. The van der Waals surface area contributed by atoms with Crippen molar-refractivity contribution in [1.29, 1.82) is 0 Å². The van der Waals surface area contributed by atoms with Crippen LogP contribution in [0, 0.1) is 0 Å². The van der Waals surface area contributed by atoms with Gasteiger partial charge in [-0.3, -0.25) is 0 Å². The molecular formula is C34H22. The third kappa shape index (κ3) is 2.93. The van der Waals surface area contributed by atoms with Crippen molar-refractivity contribution in [3.05, 3.63) is 133 Å². The molecule has 0 atom stereocenters. The molecule has 0 N–H and O–H groups in total. The lowest BCUT2D eigenvalue weighted by Crippen LogP contribution is -1.91. The summed E-state index contributed by atoms with van der Waals surface area (Å²) in [6.45, 7) is 0. The third-order valence-electron chi connectivity index (χ3n) is 6.95. The summed E-state index contributed by atoms with van der Waals surface area (Å²) in [5.74, 6) is 0. The minimum Gasteiger partial charge on any atom is -0.0622 e. The molecule has 0 heterocycles. The second-order valence-corrected chi connectivity index (χ2v) is 8.97. The van der Waals surface area contributed by atoms with Gasteiger partial charge in [-0.25, -0.2) is 0 Å². The maximum Gasteiger partial charge on any atom is -0.00139 e. The van der Waals surface area contributed by atoms with E-state index >= 15 is 0 Å². The molecule has 0 bridgehead atoms. The first-order valence-corrected chi connectivity index (χ1v) is 11.8. The molecule has 0 amide bonds. The Morgan fingerprint density at radius 3 is 1.44 bits per heavy atom. The van der Waals surface area contributed by atoms with E-state index in [1.807, 2.05) is 0 Å². The number of benzene rings is 7. The molecule has 7 aromatic rings. The van der Waals surface area contributed by atoms with Gasteiger partial charge in [-0.05, 0) is 89.6 Å². The number of rotatable bonds is 2. The molecule has 0 spiro atoms. The van der Waals surface area contributed by atoms with Crippen molar-refractivity contribution in [3.8, 4) is 22.3 Å². The molecule has 0 radical (unpaired) electrons. The molecule has 0 aliphatic carbocycles. The molecule has 34 heavy (non-hydrogen) atoms. The molecule has 0 aliphatic heterocycles. The highest BCUT2D eigenvalue weighted by Gasteiger charge is 2.17. The van der Waals surface area contributed by atoms with Crippen LogP contribution in [0.1, 0.15) is 0 Å². The van der Waals surface area contributed by atoms with Gasteiger partial charge in [0, 0.05) is 0 Å². The van der Waals surface area contributed by atoms with Crippen LogP contribution in [0.25, 0.3) is 65.3 Å². The van der Waals surface area contributed by atoms with Crippen molar-refractivity contribution < 1.29 is 0 Å². The van der Waals surface area contributed by atoms with Crippen molar-refractivity contribution in [3.63, 3.8) is 0 Å². The molecule has 158 valence electrons. The Morgan fingerprint density at radius 1 is 0.294 bits per heavy atom. The van der Waals surface area contributed by atoms with E-state index in [2.05, 4.69) is 133 Å². The van der Waals surface area contributed by atoms with Crippen LogP contribution < -0.4 is 0 Å². The highest BCUT2D eigenvalue weighted by atomic mass is 14.2. The zero-order valence-corrected chi connectivity index (χ0v) is 18.7. The summed E-state index contributed by atoms with van der Waals surface area (Å²) in [6.07, 6.45) is 0. The van der Waals surface area contributed by atoms with E-state index in [9.17, 15) is 0 Å². The third-order valence-corrected chi connectivity index (χ3v) is 6.95. The predicted molar refractivity (Wildman–Crippen MR) is 147 cm³/mol. The zero-order chi connectivity index (χ0) is 22.5. The van der Waals surface area contributed by atoms with Gasteiger partial charge >= 0.3 is 0 Å². The topological polar surface area (TPSA) is 0 Å². The average molecular weight is 431 g/mol. The molecule has 0 aliphatic rings. The summed E-state index contributed by atoms with van der Waals surface area (Å²) in [5, 5.41) is 10.3. The minimum absolute atomic E-state index is 1.25. The van der Waals surface area contributed by atoms with Crippen LogP contribution in [0.2, 0.25) is 0 Å². The smallest absolute Gasteiger partial charge is 0.00139 e. The average Bonchev–Trinajstić information content (AvgIpc) is 2.90. The zero-order valence-electron chi connectivity index (χ0n) is 18.7. The van der Waals surface area contributed by atoms with Gasteiger partial charge in [0.25, 0.3) is 0 Å². The SMILES string of the molecule is c1ccc(-c2c3ccccc3cc3cc4cc5ccccc5cc4c(-c4ccccc4)c23)cc1. The summed E-state index contributed by atoms with van der Waals surface area (Å²) in [4.78, 5) is 0. The maximum atomic E-state index is 2.38. The van der Waals surface area contributed by atoms with Gasteiger partial charge in [-0.2, -0.15) is 0 Å². The molecule has 0 aromatic heterocycles. The highest BCUT2D eigenvalue weighted by molar-refractivity contribution is 6.24. The molecule has 0 heteroatoms. The fourth-order valence-electron chi connectivity index (χ4n) is 5.46. The molecular weight excluding hydrogens is 408 g/mol. The number of hydrogen-bond donors (Lipinski definition) is 0. The second-order valence-electron chi connectivity index (χ2n) is 8.97. The van der Waals surface area contributed by atoms with Crippen LogP contribution in [-0.2, 0) is 0 Å². The van der Waals surface area contributed by atoms with Gasteiger partial charge in [-0.1, -0.05) is 109 Å². The molecule has 0 unspecified atom stereocenters. The van der Waals surface area contributed by atoms with Crippen molar-refractivity contribution >= 4 is 43.1 Å². The van der Waals surface area contributed by atoms with Crippen molar-refractivity contribution in [2.24, 2.45) is 0 Å². The van der Waals surface area contributed by atoms with Crippen LogP contribution in [0.5, 0.6) is 0 Å². The van der Waals surface area contributed by atoms with Crippen LogP contribution in [0.3, 0.4) is 0 Å². The first kappa shape index (κ1) is 19.1.